The van der Waals surface area contributed by atoms with E-state index in [1.165, 1.54) is 0 Å². The number of carboxylic acids is 1. The van der Waals surface area contributed by atoms with Crippen LogP contribution < -0.4 is 18.9 Å². The largest absolute Gasteiger partial charge is 0.478 e. The van der Waals surface area contributed by atoms with Crippen LogP contribution in [0.25, 0.3) is 21.9 Å². The van der Waals surface area contributed by atoms with E-state index < -0.39 is 5.97 Å². The second-order valence-corrected chi connectivity index (χ2v) is 6.19. The van der Waals surface area contributed by atoms with Crippen molar-refractivity contribution < 1.29 is 28.8 Å². The molecule has 1 N–H and O–H groups in total. The summed E-state index contributed by atoms with van der Waals surface area (Å²) in [5.41, 5.74) is 2.52. The summed E-state index contributed by atoms with van der Waals surface area (Å²) < 4.78 is 22.0. The first kappa shape index (κ1) is 14.9. The molecule has 0 spiro atoms. The molecule has 3 aromatic carbocycles. The number of aromatic carboxylic acids is 1. The Labute approximate surface area is 148 Å². The van der Waals surface area contributed by atoms with Gasteiger partial charge in [-0.25, -0.2) is 4.79 Å². The molecular weight excluding hydrogens is 336 g/mol. The van der Waals surface area contributed by atoms with E-state index in [2.05, 4.69) is 0 Å². The van der Waals surface area contributed by atoms with Crippen LogP contribution in [0.5, 0.6) is 23.0 Å². The van der Waals surface area contributed by atoms with E-state index in [1.807, 2.05) is 30.3 Å². The summed E-state index contributed by atoms with van der Waals surface area (Å²) in [6, 6.07) is 10.9. The molecule has 0 aliphatic carbocycles. The molecule has 0 bridgehead atoms. The van der Waals surface area contributed by atoms with Crippen molar-refractivity contribution in [3.8, 4) is 34.1 Å². The second-order valence-electron chi connectivity index (χ2n) is 6.19. The van der Waals surface area contributed by atoms with Crippen LogP contribution in [0.1, 0.15) is 15.9 Å². The number of benzene rings is 3. The molecule has 0 atom stereocenters. The van der Waals surface area contributed by atoms with Gasteiger partial charge in [0.1, 0.15) is 0 Å². The minimum Gasteiger partial charge on any atom is -0.478 e. The van der Waals surface area contributed by atoms with Crippen molar-refractivity contribution in [3.05, 3.63) is 47.5 Å². The number of hydrogen-bond donors (Lipinski definition) is 1. The van der Waals surface area contributed by atoms with Gasteiger partial charge < -0.3 is 24.1 Å². The van der Waals surface area contributed by atoms with E-state index in [9.17, 15) is 9.90 Å². The maximum atomic E-state index is 11.8. The van der Waals surface area contributed by atoms with E-state index >= 15 is 0 Å². The Morgan fingerprint density at radius 1 is 0.923 bits per heavy atom. The smallest absolute Gasteiger partial charge is 0.335 e. The van der Waals surface area contributed by atoms with E-state index in [0.717, 1.165) is 21.9 Å². The van der Waals surface area contributed by atoms with Gasteiger partial charge in [0.2, 0.25) is 13.6 Å². The fourth-order valence-electron chi connectivity index (χ4n) is 3.54. The molecule has 0 radical (unpaired) electrons. The molecule has 130 valence electrons. The SMILES string of the molecule is Cc1c(C(=O)O)cc(-c2ccc3c(c2)OCO3)c2c3c(ccc12)OCO3. The Balaban J connectivity index is 1.87. The Bertz CT molecular complexity index is 1090. The maximum Gasteiger partial charge on any atom is 0.335 e. The van der Waals surface area contributed by atoms with E-state index in [-0.39, 0.29) is 19.1 Å². The number of carboxylic acid groups (broad SMARTS) is 1. The second kappa shape index (κ2) is 5.29. The summed E-state index contributed by atoms with van der Waals surface area (Å²) >= 11 is 0. The van der Waals surface area contributed by atoms with Crippen LogP contribution in [0.4, 0.5) is 0 Å². The summed E-state index contributed by atoms with van der Waals surface area (Å²) in [5.74, 6) is 1.63. The molecule has 5 rings (SSSR count). The molecule has 0 unspecified atom stereocenters. The van der Waals surface area contributed by atoms with Gasteiger partial charge in [-0.15, -0.1) is 0 Å². The first-order valence-electron chi connectivity index (χ1n) is 8.12. The molecule has 2 aliphatic heterocycles. The van der Waals surface area contributed by atoms with E-state index in [4.69, 9.17) is 18.9 Å². The average molecular weight is 350 g/mol. The van der Waals surface area contributed by atoms with Gasteiger partial charge in [-0.2, -0.15) is 0 Å². The van der Waals surface area contributed by atoms with Crippen LogP contribution in [0.2, 0.25) is 0 Å². The van der Waals surface area contributed by atoms with Crippen molar-refractivity contribution in [2.45, 2.75) is 6.92 Å². The zero-order valence-corrected chi connectivity index (χ0v) is 13.9. The lowest BCUT2D eigenvalue weighted by molar-refractivity contribution is 0.0696. The third-order valence-corrected chi connectivity index (χ3v) is 4.82. The third kappa shape index (κ3) is 2.02. The molecule has 0 fully saturated rings. The van der Waals surface area contributed by atoms with Gasteiger partial charge in [-0.05, 0) is 53.3 Å². The standard InChI is InChI=1S/C20H14O6/c1-10-12-3-5-16-19(26-9-24-16)18(12)14(7-13(10)20(21)22)11-2-4-15-17(6-11)25-8-23-15/h2-7H,8-9H2,1H3,(H,21,22). The van der Waals surface area contributed by atoms with Crippen LogP contribution >= 0.6 is 0 Å². The molecule has 2 heterocycles. The van der Waals surface area contributed by atoms with Gasteiger partial charge in [0, 0.05) is 5.39 Å². The fraction of sp³-hybridized carbons (Fsp3) is 0.150. The number of rotatable bonds is 2. The van der Waals surface area contributed by atoms with E-state index in [0.29, 0.717) is 28.6 Å². The molecule has 2 aliphatic rings. The predicted molar refractivity (Wildman–Crippen MR) is 93.3 cm³/mol. The quantitative estimate of drug-likeness (QED) is 0.754. The summed E-state index contributed by atoms with van der Waals surface area (Å²) in [7, 11) is 0. The summed E-state index contributed by atoms with van der Waals surface area (Å²) in [5, 5.41) is 11.3. The molecule has 6 nitrogen and oxygen atoms in total. The van der Waals surface area contributed by atoms with Gasteiger partial charge in [0.15, 0.2) is 23.0 Å². The van der Waals surface area contributed by atoms with Gasteiger partial charge in [0.25, 0.3) is 0 Å². The van der Waals surface area contributed by atoms with E-state index in [1.54, 1.807) is 13.0 Å². The summed E-state index contributed by atoms with van der Waals surface area (Å²) in [4.78, 5) is 11.8. The lowest BCUT2D eigenvalue weighted by Gasteiger charge is -2.14. The van der Waals surface area contributed by atoms with Crippen molar-refractivity contribution in [2.24, 2.45) is 0 Å². The molecule has 0 amide bonds. The van der Waals surface area contributed by atoms with Crippen LogP contribution in [0.15, 0.2) is 36.4 Å². The topological polar surface area (TPSA) is 74.2 Å². The lowest BCUT2D eigenvalue weighted by Crippen LogP contribution is -2.02. The van der Waals surface area contributed by atoms with Crippen LogP contribution in [0, 0.1) is 6.92 Å². The number of fused-ring (bicyclic) bond motifs is 4. The van der Waals surface area contributed by atoms with Gasteiger partial charge in [0.05, 0.1) is 5.56 Å². The molecule has 0 saturated carbocycles. The summed E-state index contributed by atoms with van der Waals surface area (Å²) in [6.07, 6.45) is 0. The summed E-state index contributed by atoms with van der Waals surface area (Å²) in [6.45, 7) is 2.13. The molecule has 26 heavy (non-hydrogen) atoms. The van der Waals surface area contributed by atoms with Gasteiger partial charge >= 0.3 is 5.97 Å². The molecule has 3 aromatic rings. The predicted octanol–water partition coefficient (Wildman–Crippen LogP) is 3.97. The molecule has 6 heteroatoms. The highest BCUT2D eigenvalue weighted by Crippen LogP contribution is 2.47. The highest BCUT2D eigenvalue weighted by molar-refractivity contribution is 6.09. The Kier molecular flexibility index (Phi) is 3.03. The first-order valence-corrected chi connectivity index (χ1v) is 8.12. The van der Waals surface area contributed by atoms with Gasteiger partial charge in [-0.3, -0.25) is 0 Å². The number of hydrogen-bond acceptors (Lipinski definition) is 5. The fourth-order valence-corrected chi connectivity index (χ4v) is 3.54. The zero-order chi connectivity index (χ0) is 17.8. The Morgan fingerprint density at radius 2 is 1.65 bits per heavy atom. The maximum absolute atomic E-state index is 11.8. The van der Waals surface area contributed by atoms with Crippen molar-refractivity contribution >= 4 is 16.7 Å². The lowest BCUT2D eigenvalue weighted by atomic mass is 9.91. The molecule has 0 aromatic heterocycles. The van der Waals surface area contributed by atoms with Gasteiger partial charge in [-0.1, -0.05) is 12.1 Å². The Morgan fingerprint density at radius 3 is 2.50 bits per heavy atom. The first-order chi connectivity index (χ1) is 12.6. The Hall–Kier alpha value is -3.41. The number of carbonyl (C=O) groups is 1. The monoisotopic (exact) mass is 350 g/mol. The highest BCUT2D eigenvalue weighted by atomic mass is 16.7. The third-order valence-electron chi connectivity index (χ3n) is 4.82. The minimum atomic E-state index is -0.968. The zero-order valence-electron chi connectivity index (χ0n) is 13.9. The van der Waals surface area contributed by atoms with Crippen molar-refractivity contribution in [1.82, 2.24) is 0 Å². The van der Waals surface area contributed by atoms with Crippen molar-refractivity contribution in [2.75, 3.05) is 13.6 Å². The van der Waals surface area contributed by atoms with Crippen LogP contribution in [0.3, 0.4) is 0 Å². The van der Waals surface area contributed by atoms with Crippen LogP contribution in [-0.4, -0.2) is 24.7 Å². The number of ether oxygens (including phenoxy) is 4. The minimum absolute atomic E-state index is 0.148. The van der Waals surface area contributed by atoms with Crippen LogP contribution in [-0.2, 0) is 0 Å². The molecular formula is C20H14O6. The van der Waals surface area contributed by atoms with Crippen molar-refractivity contribution in [1.29, 1.82) is 0 Å². The van der Waals surface area contributed by atoms with Crippen molar-refractivity contribution in [3.63, 3.8) is 0 Å². The number of aryl methyl sites for hydroxylation is 1. The molecule has 0 saturated heterocycles. The normalized spacial score (nSPS) is 14.0. The average Bonchev–Trinajstić information content (AvgIpc) is 3.29. The highest BCUT2D eigenvalue weighted by Gasteiger charge is 2.24.